The van der Waals surface area contributed by atoms with E-state index in [4.69, 9.17) is 4.42 Å². The van der Waals surface area contributed by atoms with Crippen LogP contribution >= 0.6 is 0 Å². The average Bonchev–Trinajstić information content (AvgIpc) is 2.68. The molecule has 6 heteroatoms. The van der Waals surface area contributed by atoms with Crippen molar-refractivity contribution in [2.45, 2.75) is 20.8 Å². The van der Waals surface area contributed by atoms with E-state index in [1.807, 2.05) is 18.2 Å². The third kappa shape index (κ3) is 3.96. The molecule has 0 aliphatic carbocycles. The molecule has 0 bridgehead atoms. The van der Waals surface area contributed by atoms with Crippen molar-refractivity contribution in [3.63, 3.8) is 0 Å². The summed E-state index contributed by atoms with van der Waals surface area (Å²) in [5.74, 6) is -0.615. The number of nitrogens with one attached hydrogen (secondary N) is 1. The number of fused-ring (bicyclic) bond motifs is 1. The van der Waals surface area contributed by atoms with E-state index in [1.54, 1.807) is 30.3 Å². The van der Waals surface area contributed by atoms with Crippen molar-refractivity contribution < 1.29 is 14.0 Å². The largest absolute Gasteiger partial charge is 0.422 e. The summed E-state index contributed by atoms with van der Waals surface area (Å²) in [4.78, 5) is 38.4. The smallest absolute Gasteiger partial charge is 0.347 e. The molecule has 144 valence electrons. The lowest BCUT2D eigenvalue weighted by Crippen LogP contribution is -2.21. The molecule has 3 aromatic rings. The Bertz CT molecular complexity index is 1080. The van der Waals surface area contributed by atoms with Gasteiger partial charge in [0.05, 0.1) is 0 Å². The zero-order valence-electron chi connectivity index (χ0n) is 16.1. The first kappa shape index (κ1) is 19.4. The highest BCUT2D eigenvalue weighted by molar-refractivity contribution is 6.10. The molecule has 6 nitrogen and oxygen atoms in total. The van der Waals surface area contributed by atoms with Gasteiger partial charge in [-0.1, -0.05) is 0 Å². The van der Waals surface area contributed by atoms with E-state index in [2.05, 4.69) is 24.1 Å². The molecule has 1 N–H and O–H groups in total. The van der Waals surface area contributed by atoms with E-state index in [0.717, 1.165) is 18.8 Å². The van der Waals surface area contributed by atoms with Gasteiger partial charge in [0, 0.05) is 48.4 Å². The zero-order valence-corrected chi connectivity index (χ0v) is 16.1. The van der Waals surface area contributed by atoms with Gasteiger partial charge in [-0.25, -0.2) is 4.79 Å². The summed E-state index contributed by atoms with van der Waals surface area (Å²) in [6.45, 7) is 7.21. The van der Waals surface area contributed by atoms with Crippen LogP contribution in [0.15, 0.2) is 57.7 Å². The lowest BCUT2D eigenvalue weighted by atomic mass is 10.0. The number of nitrogens with zero attached hydrogens (tertiary/aromatic N) is 1. The summed E-state index contributed by atoms with van der Waals surface area (Å²) >= 11 is 0. The van der Waals surface area contributed by atoms with Crippen LogP contribution in [0.3, 0.4) is 0 Å². The number of carbonyl (C=O) groups is 2. The summed E-state index contributed by atoms with van der Waals surface area (Å²) in [6.07, 6.45) is 0. The molecule has 0 unspecified atom stereocenters. The van der Waals surface area contributed by atoms with Gasteiger partial charge in [-0.05, 0) is 56.3 Å². The molecule has 0 saturated carbocycles. The predicted molar refractivity (Wildman–Crippen MR) is 110 cm³/mol. The number of carbonyl (C=O) groups excluding carboxylic acids is 2. The van der Waals surface area contributed by atoms with Gasteiger partial charge < -0.3 is 14.6 Å². The van der Waals surface area contributed by atoms with Gasteiger partial charge in [0.1, 0.15) is 11.1 Å². The van der Waals surface area contributed by atoms with E-state index in [9.17, 15) is 14.4 Å². The van der Waals surface area contributed by atoms with Gasteiger partial charge in [0.25, 0.3) is 0 Å². The van der Waals surface area contributed by atoms with Crippen LogP contribution in [0.2, 0.25) is 0 Å². The normalized spacial score (nSPS) is 10.7. The van der Waals surface area contributed by atoms with Crippen LogP contribution in [0, 0.1) is 0 Å². The van der Waals surface area contributed by atoms with Crippen molar-refractivity contribution >= 4 is 34.0 Å². The predicted octanol–water partition coefficient (Wildman–Crippen LogP) is 3.83. The van der Waals surface area contributed by atoms with Crippen LogP contribution in [0.5, 0.6) is 0 Å². The number of rotatable bonds is 6. The van der Waals surface area contributed by atoms with Gasteiger partial charge >= 0.3 is 5.63 Å². The second kappa shape index (κ2) is 8.08. The van der Waals surface area contributed by atoms with Crippen LogP contribution in [0.4, 0.5) is 11.4 Å². The second-order valence-corrected chi connectivity index (χ2v) is 6.43. The lowest BCUT2D eigenvalue weighted by molar-refractivity contribution is -0.114. The summed E-state index contributed by atoms with van der Waals surface area (Å²) in [7, 11) is 0. The molecule has 0 aliphatic heterocycles. The minimum absolute atomic E-state index is 0.0182. The molecule has 0 spiro atoms. The Morgan fingerprint density at radius 1 is 1.00 bits per heavy atom. The molecule has 1 aromatic heterocycles. The van der Waals surface area contributed by atoms with Gasteiger partial charge in [-0.15, -0.1) is 0 Å². The van der Waals surface area contributed by atoms with Crippen molar-refractivity contribution in [3.05, 3.63) is 70.1 Å². The van der Waals surface area contributed by atoms with Crippen molar-refractivity contribution in [1.82, 2.24) is 0 Å². The molecule has 0 radical (unpaired) electrons. The van der Waals surface area contributed by atoms with Gasteiger partial charge in [-0.3, -0.25) is 9.59 Å². The Balaban J connectivity index is 1.95. The van der Waals surface area contributed by atoms with E-state index in [1.165, 1.54) is 6.92 Å². The summed E-state index contributed by atoms with van der Waals surface area (Å²) in [6, 6.07) is 13.6. The van der Waals surface area contributed by atoms with Crippen LogP contribution in [0.25, 0.3) is 11.0 Å². The molecule has 0 saturated heterocycles. The molecule has 0 atom stereocenters. The minimum atomic E-state index is -0.667. The minimum Gasteiger partial charge on any atom is -0.422 e. The van der Waals surface area contributed by atoms with E-state index >= 15 is 0 Å². The molecule has 1 heterocycles. The van der Waals surface area contributed by atoms with E-state index < -0.39 is 11.4 Å². The fraction of sp³-hybridized carbons (Fsp3) is 0.227. The highest BCUT2D eigenvalue weighted by Gasteiger charge is 2.16. The molecule has 3 rings (SSSR count). The fourth-order valence-electron chi connectivity index (χ4n) is 3.11. The van der Waals surface area contributed by atoms with Crippen molar-refractivity contribution in [3.8, 4) is 0 Å². The Hall–Kier alpha value is -3.41. The van der Waals surface area contributed by atoms with Crippen molar-refractivity contribution in [2.24, 2.45) is 0 Å². The van der Waals surface area contributed by atoms with Crippen molar-refractivity contribution in [2.75, 3.05) is 23.3 Å². The number of hydrogen-bond acceptors (Lipinski definition) is 5. The third-order valence-electron chi connectivity index (χ3n) is 4.56. The quantitative estimate of drug-likeness (QED) is 0.521. The fourth-order valence-corrected chi connectivity index (χ4v) is 3.11. The molecular formula is C22H22N2O4. The molecule has 0 aliphatic rings. The number of hydrogen-bond donors (Lipinski definition) is 1. The van der Waals surface area contributed by atoms with Crippen LogP contribution < -0.4 is 15.8 Å². The van der Waals surface area contributed by atoms with Gasteiger partial charge in [-0.2, -0.15) is 0 Å². The first-order valence-electron chi connectivity index (χ1n) is 9.18. The van der Waals surface area contributed by atoms with Gasteiger partial charge in [0.15, 0.2) is 5.78 Å². The highest BCUT2D eigenvalue weighted by Crippen LogP contribution is 2.23. The third-order valence-corrected chi connectivity index (χ3v) is 4.56. The first-order chi connectivity index (χ1) is 13.4. The van der Waals surface area contributed by atoms with Crippen LogP contribution in [0.1, 0.15) is 36.7 Å². The summed E-state index contributed by atoms with van der Waals surface area (Å²) < 4.78 is 5.43. The first-order valence-corrected chi connectivity index (χ1v) is 9.18. The van der Waals surface area contributed by atoms with Crippen LogP contribution in [-0.4, -0.2) is 24.8 Å². The Morgan fingerprint density at radius 2 is 1.68 bits per heavy atom. The highest BCUT2D eigenvalue weighted by atomic mass is 16.4. The SMILES string of the molecule is CCN(CC)c1ccc2cc(C(=O)c3ccc(NC(C)=O)cc3)c(=O)oc2c1. The Morgan fingerprint density at radius 3 is 2.29 bits per heavy atom. The lowest BCUT2D eigenvalue weighted by Gasteiger charge is -2.20. The Kier molecular flexibility index (Phi) is 5.59. The summed E-state index contributed by atoms with van der Waals surface area (Å²) in [5, 5.41) is 3.32. The number of anilines is 2. The maximum Gasteiger partial charge on any atom is 0.347 e. The number of ketones is 1. The number of amides is 1. The van der Waals surface area contributed by atoms with Crippen LogP contribution in [-0.2, 0) is 4.79 Å². The molecule has 28 heavy (non-hydrogen) atoms. The maximum absolute atomic E-state index is 12.8. The maximum atomic E-state index is 12.8. The second-order valence-electron chi connectivity index (χ2n) is 6.43. The monoisotopic (exact) mass is 378 g/mol. The van der Waals surface area contributed by atoms with E-state index in [0.29, 0.717) is 22.2 Å². The molecule has 2 aromatic carbocycles. The molecule has 1 amide bonds. The standard InChI is InChI=1S/C22H22N2O4/c1-4-24(5-2)18-11-8-16-12-19(22(27)28-20(16)13-18)21(26)15-6-9-17(10-7-15)23-14(3)25/h6-13H,4-5H2,1-3H3,(H,23,25). The van der Waals surface area contributed by atoms with Crippen molar-refractivity contribution in [1.29, 1.82) is 0 Å². The zero-order chi connectivity index (χ0) is 20.3. The molecular weight excluding hydrogens is 356 g/mol. The van der Waals surface area contributed by atoms with Gasteiger partial charge in [0.2, 0.25) is 5.91 Å². The number of benzene rings is 2. The Labute approximate surface area is 162 Å². The average molecular weight is 378 g/mol. The molecule has 0 fully saturated rings. The topological polar surface area (TPSA) is 79.6 Å². The van der Waals surface area contributed by atoms with E-state index in [-0.39, 0.29) is 11.5 Å². The summed E-state index contributed by atoms with van der Waals surface area (Å²) in [5.41, 5.74) is 1.66.